The molecule has 0 spiro atoms. The molecule has 0 saturated carbocycles. The molecule has 0 fully saturated rings. The van der Waals surface area contributed by atoms with E-state index in [1.807, 2.05) is 31.2 Å². The Balaban J connectivity index is 1.81. The van der Waals surface area contributed by atoms with Crippen LogP contribution in [0.4, 0.5) is 0 Å². The Hall–Kier alpha value is -1.50. The Kier molecular flexibility index (Phi) is 8.20. The lowest BCUT2D eigenvalue weighted by molar-refractivity contribution is -0.121. The van der Waals surface area contributed by atoms with Crippen molar-refractivity contribution in [2.75, 3.05) is 12.0 Å². The Labute approximate surface area is 170 Å². The monoisotopic (exact) mass is 425 g/mol. The van der Waals surface area contributed by atoms with Gasteiger partial charge in [-0.3, -0.25) is 4.79 Å². The maximum atomic E-state index is 12.2. The number of carbonyl (C=O) groups is 1. The number of hydrogen-bond donors (Lipinski definition) is 1. The molecule has 0 aliphatic carbocycles. The standard InChI is InChI=1S/C20H24ClNO3S2/c1-3-19(15-6-12-18(13-7-15)27(2,24)25)22-20(23)5-4-14-26-17-10-8-16(21)9-11-17/h6-13,19H,3-5,14H2,1-2H3,(H,22,23)/t19-/m0/s1. The third-order valence-electron chi connectivity index (χ3n) is 4.08. The van der Waals surface area contributed by atoms with Crippen molar-refractivity contribution in [3.05, 3.63) is 59.1 Å². The molecular formula is C20H24ClNO3S2. The van der Waals surface area contributed by atoms with E-state index in [4.69, 9.17) is 11.6 Å². The van der Waals surface area contributed by atoms with Gasteiger partial charge in [0.1, 0.15) is 0 Å². The van der Waals surface area contributed by atoms with Gasteiger partial charge in [-0.2, -0.15) is 0 Å². The topological polar surface area (TPSA) is 63.2 Å². The first kappa shape index (κ1) is 21.8. The number of halogens is 1. The fourth-order valence-electron chi connectivity index (χ4n) is 2.59. The summed E-state index contributed by atoms with van der Waals surface area (Å²) in [7, 11) is -3.21. The van der Waals surface area contributed by atoms with Gasteiger partial charge in [-0.1, -0.05) is 30.7 Å². The molecule has 2 rings (SSSR count). The number of carbonyl (C=O) groups excluding carboxylic acids is 1. The molecular weight excluding hydrogens is 402 g/mol. The number of benzene rings is 2. The molecule has 1 atom stereocenters. The van der Waals surface area contributed by atoms with Crippen LogP contribution in [0.3, 0.4) is 0 Å². The summed E-state index contributed by atoms with van der Waals surface area (Å²) in [5, 5.41) is 3.75. The smallest absolute Gasteiger partial charge is 0.220 e. The lowest BCUT2D eigenvalue weighted by atomic mass is 10.0. The van der Waals surface area contributed by atoms with E-state index in [0.29, 0.717) is 11.4 Å². The van der Waals surface area contributed by atoms with Crippen molar-refractivity contribution >= 4 is 39.1 Å². The molecule has 0 heterocycles. The average molecular weight is 426 g/mol. The minimum Gasteiger partial charge on any atom is -0.349 e. The highest BCUT2D eigenvalue weighted by Gasteiger charge is 2.14. The highest BCUT2D eigenvalue weighted by atomic mass is 35.5. The van der Waals surface area contributed by atoms with Crippen molar-refractivity contribution in [3.63, 3.8) is 0 Å². The SMILES string of the molecule is CC[C@H](NC(=O)CCCSc1ccc(Cl)cc1)c1ccc(S(C)(=O)=O)cc1. The predicted octanol–water partition coefficient (Wildman–Crippen LogP) is 4.88. The van der Waals surface area contributed by atoms with Crippen LogP contribution in [0.2, 0.25) is 5.02 Å². The third-order valence-corrected chi connectivity index (χ3v) is 6.56. The predicted molar refractivity (Wildman–Crippen MR) is 112 cm³/mol. The third kappa shape index (κ3) is 7.20. The Morgan fingerprint density at radius 3 is 2.30 bits per heavy atom. The Morgan fingerprint density at radius 1 is 1.11 bits per heavy atom. The van der Waals surface area contributed by atoms with Crippen LogP contribution >= 0.6 is 23.4 Å². The van der Waals surface area contributed by atoms with Crippen LogP contribution in [0.25, 0.3) is 0 Å². The van der Waals surface area contributed by atoms with Gasteiger partial charge in [-0.15, -0.1) is 11.8 Å². The second-order valence-corrected chi connectivity index (χ2v) is 9.90. The largest absolute Gasteiger partial charge is 0.349 e. The molecule has 0 radical (unpaired) electrons. The minimum atomic E-state index is -3.21. The van der Waals surface area contributed by atoms with Gasteiger partial charge in [-0.05, 0) is 60.6 Å². The molecule has 2 aromatic rings. The summed E-state index contributed by atoms with van der Waals surface area (Å²) in [6.45, 7) is 1.99. The van der Waals surface area contributed by atoms with Crippen LogP contribution in [0, 0.1) is 0 Å². The summed E-state index contributed by atoms with van der Waals surface area (Å²) in [6, 6.07) is 14.2. The molecule has 0 bridgehead atoms. The zero-order valence-corrected chi connectivity index (χ0v) is 17.8. The van der Waals surface area contributed by atoms with Gasteiger partial charge in [0, 0.05) is 22.6 Å². The van der Waals surface area contributed by atoms with Gasteiger partial charge in [0.2, 0.25) is 5.91 Å². The number of thioether (sulfide) groups is 1. The van der Waals surface area contributed by atoms with E-state index in [1.54, 1.807) is 36.0 Å². The fraction of sp³-hybridized carbons (Fsp3) is 0.350. The average Bonchev–Trinajstić information content (AvgIpc) is 2.64. The number of sulfone groups is 1. The first-order chi connectivity index (χ1) is 12.8. The van der Waals surface area contributed by atoms with Crippen LogP contribution < -0.4 is 5.32 Å². The number of amides is 1. The summed E-state index contributed by atoms with van der Waals surface area (Å²) in [6.07, 6.45) is 3.16. The summed E-state index contributed by atoms with van der Waals surface area (Å²) in [5.41, 5.74) is 0.911. The van der Waals surface area contributed by atoms with Crippen molar-refractivity contribution < 1.29 is 13.2 Å². The molecule has 146 valence electrons. The molecule has 0 aliphatic rings. The molecule has 1 amide bonds. The second kappa shape index (κ2) is 10.2. The quantitative estimate of drug-likeness (QED) is 0.459. The van der Waals surface area contributed by atoms with Crippen LogP contribution in [-0.2, 0) is 14.6 Å². The normalized spacial score (nSPS) is 12.6. The highest BCUT2D eigenvalue weighted by molar-refractivity contribution is 7.99. The fourth-order valence-corrected chi connectivity index (χ4v) is 4.20. The zero-order valence-electron chi connectivity index (χ0n) is 15.4. The second-order valence-electron chi connectivity index (χ2n) is 6.28. The molecule has 0 saturated heterocycles. The number of hydrogen-bond acceptors (Lipinski definition) is 4. The summed E-state index contributed by atoms with van der Waals surface area (Å²) in [4.78, 5) is 13.7. The highest BCUT2D eigenvalue weighted by Crippen LogP contribution is 2.22. The zero-order chi connectivity index (χ0) is 19.9. The van der Waals surface area contributed by atoms with Crippen molar-refractivity contribution in [1.82, 2.24) is 5.32 Å². The van der Waals surface area contributed by atoms with Gasteiger partial charge >= 0.3 is 0 Å². The molecule has 2 aromatic carbocycles. The Morgan fingerprint density at radius 2 is 1.74 bits per heavy atom. The van der Waals surface area contributed by atoms with E-state index in [0.717, 1.165) is 29.1 Å². The lowest BCUT2D eigenvalue weighted by Gasteiger charge is -2.18. The maximum absolute atomic E-state index is 12.2. The van der Waals surface area contributed by atoms with Crippen molar-refractivity contribution in [2.45, 2.75) is 42.0 Å². The van der Waals surface area contributed by atoms with Gasteiger partial charge in [-0.25, -0.2) is 8.42 Å². The lowest BCUT2D eigenvalue weighted by Crippen LogP contribution is -2.28. The minimum absolute atomic E-state index is 0.00532. The molecule has 1 N–H and O–H groups in total. The molecule has 7 heteroatoms. The van der Waals surface area contributed by atoms with E-state index in [-0.39, 0.29) is 16.8 Å². The molecule has 4 nitrogen and oxygen atoms in total. The van der Waals surface area contributed by atoms with Crippen LogP contribution in [-0.4, -0.2) is 26.3 Å². The van der Waals surface area contributed by atoms with Crippen LogP contribution in [0.5, 0.6) is 0 Å². The summed E-state index contributed by atoms with van der Waals surface area (Å²) >= 11 is 7.57. The van der Waals surface area contributed by atoms with E-state index in [1.165, 1.54) is 6.26 Å². The molecule has 0 aliphatic heterocycles. The van der Waals surface area contributed by atoms with Gasteiger partial charge in [0.25, 0.3) is 0 Å². The molecule has 27 heavy (non-hydrogen) atoms. The van der Waals surface area contributed by atoms with Crippen molar-refractivity contribution in [1.29, 1.82) is 0 Å². The van der Waals surface area contributed by atoms with E-state index < -0.39 is 9.84 Å². The van der Waals surface area contributed by atoms with Crippen molar-refractivity contribution in [2.24, 2.45) is 0 Å². The van der Waals surface area contributed by atoms with E-state index in [2.05, 4.69) is 5.32 Å². The van der Waals surface area contributed by atoms with E-state index >= 15 is 0 Å². The number of rotatable bonds is 9. The summed E-state index contributed by atoms with van der Waals surface area (Å²) in [5.74, 6) is 0.861. The van der Waals surface area contributed by atoms with Gasteiger partial charge in [0.05, 0.1) is 10.9 Å². The van der Waals surface area contributed by atoms with E-state index in [9.17, 15) is 13.2 Å². The molecule has 0 aromatic heterocycles. The van der Waals surface area contributed by atoms with Gasteiger partial charge < -0.3 is 5.32 Å². The number of nitrogens with one attached hydrogen (secondary N) is 1. The summed E-state index contributed by atoms with van der Waals surface area (Å²) < 4.78 is 23.1. The van der Waals surface area contributed by atoms with Gasteiger partial charge in [0.15, 0.2) is 9.84 Å². The van der Waals surface area contributed by atoms with Crippen LogP contribution in [0.15, 0.2) is 58.3 Å². The first-order valence-corrected chi connectivity index (χ1v) is 12.0. The van der Waals surface area contributed by atoms with Crippen LogP contribution in [0.1, 0.15) is 37.8 Å². The first-order valence-electron chi connectivity index (χ1n) is 8.77. The van der Waals surface area contributed by atoms with Crippen molar-refractivity contribution in [3.8, 4) is 0 Å². The maximum Gasteiger partial charge on any atom is 0.220 e. The molecule has 0 unspecified atom stereocenters. The Bertz CT molecular complexity index is 850.